The Bertz CT molecular complexity index is 308. The Balaban J connectivity index is 2.63. The Hall–Kier alpha value is -0.450. The van der Waals surface area contributed by atoms with E-state index in [2.05, 4.69) is 31.1 Å². The van der Waals surface area contributed by atoms with E-state index in [4.69, 9.17) is 4.74 Å². The third kappa shape index (κ3) is 3.27. The Morgan fingerprint density at radius 3 is 2.81 bits per heavy atom. The molecule has 0 aliphatic heterocycles. The molecule has 0 spiro atoms. The number of ether oxygens (including phenoxy) is 1. The van der Waals surface area contributed by atoms with Crippen LogP contribution < -0.4 is 5.32 Å². The molecule has 92 valence electrons. The Kier molecular flexibility index (Phi) is 5.38. The van der Waals surface area contributed by atoms with E-state index in [1.165, 1.54) is 4.88 Å². The third-order valence-electron chi connectivity index (χ3n) is 2.86. The second-order valence-corrected chi connectivity index (χ2v) is 5.21. The largest absolute Gasteiger partial charge is 0.371 e. The average Bonchev–Trinajstić information content (AvgIpc) is 2.78. The number of rotatable bonds is 7. The van der Waals surface area contributed by atoms with E-state index in [9.17, 15) is 0 Å². The van der Waals surface area contributed by atoms with Crippen LogP contribution in [0.3, 0.4) is 0 Å². The first-order chi connectivity index (χ1) is 7.66. The number of thiazole rings is 1. The van der Waals surface area contributed by atoms with Crippen LogP contribution in [0.1, 0.15) is 43.5 Å². The average molecular weight is 242 g/mol. The smallest absolute Gasteiger partial charge is 0.125 e. The van der Waals surface area contributed by atoms with Gasteiger partial charge in [0.2, 0.25) is 0 Å². The van der Waals surface area contributed by atoms with Crippen LogP contribution in [-0.4, -0.2) is 18.6 Å². The summed E-state index contributed by atoms with van der Waals surface area (Å²) < 4.78 is 5.54. The van der Waals surface area contributed by atoms with Crippen molar-refractivity contribution >= 4 is 11.3 Å². The van der Waals surface area contributed by atoms with Gasteiger partial charge in [0.05, 0.1) is 0 Å². The maximum Gasteiger partial charge on any atom is 0.125 e. The summed E-state index contributed by atoms with van der Waals surface area (Å²) >= 11 is 1.74. The summed E-state index contributed by atoms with van der Waals surface area (Å²) in [6, 6.07) is 0. The number of nitrogens with zero attached hydrogens (tertiary/aromatic N) is 1. The van der Waals surface area contributed by atoms with Gasteiger partial charge in [0.25, 0.3) is 0 Å². The van der Waals surface area contributed by atoms with E-state index >= 15 is 0 Å². The van der Waals surface area contributed by atoms with Crippen molar-refractivity contribution in [1.82, 2.24) is 10.3 Å². The predicted octanol–water partition coefficient (Wildman–Crippen LogP) is 2.91. The van der Waals surface area contributed by atoms with E-state index in [0.29, 0.717) is 0 Å². The van der Waals surface area contributed by atoms with Crippen molar-refractivity contribution in [1.29, 1.82) is 0 Å². The van der Waals surface area contributed by atoms with Crippen molar-refractivity contribution < 1.29 is 4.74 Å². The normalized spacial score (nSPS) is 15.0. The third-order valence-corrected chi connectivity index (χ3v) is 4.10. The SMILES string of the molecule is CCCNCc1cnc(C(C)(CC)OC)s1. The quantitative estimate of drug-likeness (QED) is 0.747. The molecule has 0 bridgehead atoms. The summed E-state index contributed by atoms with van der Waals surface area (Å²) in [6.45, 7) is 8.36. The van der Waals surface area contributed by atoms with Gasteiger partial charge in [-0.1, -0.05) is 13.8 Å². The summed E-state index contributed by atoms with van der Waals surface area (Å²) in [5.74, 6) is 0. The minimum Gasteiger partial charge on any atom is -0.371 e. The topological polar surface area (TPSA) is 34.2 Å². The lowest BCUT2D eigenvalue weighted by Gasteiger charge is -2.23. The van der Waals surface area contributed by atoms with E-state index in [-0.39, 0.29) is 5.60 Å². The summed E-state index contributed by atoms with van der Waals surface area (Å²) in [4.78, 5) is 5.74. The van der Waals surface area contributed by atoms with Gasteiger partial charge in [0.1, 0.15) is 10.6 Å². The Morgan fingerprint density at radius 1 is 1.50 bits per heavy atom. The zero-order chi connectivity index (χ0) is 12.0. The standard InChI is InChI=1S/C12H22N2OS/c1-5-7-13-8-10-9-14-11(16-10)12(3,6-2)15-4/h9,13H,5-8H2,1-4H3. The first-order valence-corrected chi connectivity index (χ1v) is 6.69. The van der Waals surface area contributed by atoms with Gasteiger partial charge < -0.3 is 10.1 Å². The molecule has 0 saturated carbocycles. The molecule has 1 heterocycles. The van der Waals surface area contributed by atoms with Crippen molar-refractivity contribution in [3.8, 4) is 0 Å². The van der Waals surface area contributed by atoms with Gasteiger partial charge in [-0.2, -0.15) is 0 Å². The molecular formula is C12H22N2OS. The highest BCUT2D eigenvalue weighted by Gasteiger charge is 2.27. The van der Waals surface area contributed by atoms with Crippen LogP contribution in [0.5, 0.6) is 0 Å². The Morgan fingerprint density at radius 2 is 2.25 bits per heavy atom. The molecule has 1 aromatic rings. The van der Waals surface area contributed by atoms with Crippen LogP contribution in [0.4, 0.5) is 0 Å². The van der Waals surface area contributed by atoms with Gasteiger partial charge in [0, 0.05) is 24.7 Å². The van der Waals surface area contributed by atoms with E-state index in [0.717, 1.165) is 30.9 Å². The maximum absolute atomic E-state index is 5.54. The van der Waals surface area contributed by atoms with Crippen molar-refractivity contribution in [2.24, 2.45) is 0 Å². The number of methoxy groups -OCH3 is 1. The molecule has 1 rings (SSSR count). The van der Waals surface area contributed by atoms with Crippen molar-refractivity contribution in [2.45, 2.75) is 45.8 Å². The highest BCUT2D eigenvalue weighted by atomic mass is 32.1. The fraction of sp³-hybridized carbons (Fsp3) is 0.750. The minimum absolute atomic E-state index is 0.228. The van der Waals surface area contributed by atoms with E-state index in [1.54, 1.807) is 18.4 Å². The summed E-state index contributed by atoms with van der Waals surface area (Å²) in [5.41, 5.74) is -0.228. The first-order valence-electron chi connectivity index (χ1n) is 5.87. The van der Waals surface area contributed by atoms with Crippen molar-refractivity contribution in [3.63, 3.8) is 0 Å². The fourth-order valence-electron chi connectivity index (χ4n) is 1.40. The second kappa shape index (κ2) is 6.33. The lowest BCUT2D eigenvalue weighted by Crippen LogP contribution is -2.22. The van der Waals surface area contributed by atoms with E-state index in [1.807, 2.05) is 6.20 Å². The summed E-state index contributed by atoms with van der Waals surface area (Å²) in [7, 11) is 1.75. The lowest BCUT2D eigenvalue weighted by atomic mass is 10.1. The van der Waals surface area contributed by atoms with Crippen LogP contribution in [0.25, 0.3) is 0 Å². The Labute approximate surface area is 102 Å². The van der Waals surface area contributed by atoms with Crippen LogP contribution in [0.2, 0.25) is 0 Å². The predicted molar refractivity (Wildman–Crippen MR) is 68.8 cm³/mol. The molecule has 1 atom stereocenters. The summed E-state index contributed by atoms with van der Waals surface area (Å²) in [6.07, 6.45) is 4.06. The number of nitrogens with one attached hydrogen (secondary N) is 1. The lowest BCUT2D eigenvalue weighted by molar-refractivity contribution is -0.00156. The molecule has 0 aliphatic rings. The highest BCUT2D eigenvalue weighted by molar-refractivity contribution is 7.11. The van der Waals surface area contributed by atoms with Gasteiger partial charge in [-0.3, -0.25) is 0 Å². The van der Waals surface area contributed by atoms with E-state index < -0.39 is 0 Å². The second-order valence-electron chi connectivity index (χ2n) is 4.10. The molecular weight excluding hydrogens is 220 g/mol. The molecule has 1 N–H and O–H groups in total. The summed E-state index contributed by atoms with van der Waals surface area (Å²) in [5, 5.41) is 4.46. The van der Waals surface area contributed by atoms with Gasteiger partial charge >= 0.3 is 0 Å². The zero-order valence-corrected chi connectivity index (χ0v) is 11.5. The molecule has 4 heteroatoms. The van der Waals surface area contributed by atoms with Crippen LogP contribution >= 0.6 is 11.3 Å². The van der Waals surface area contributed by atoms with Crippen LogP contribution in [-0.2, 0) is 16.9 Å². The highest BCUT2D eigenvalue weighted by Crippen LogP contribution is 2.31. The molecule has 3 nitrogen and oxygen atoms in total. The number of hydrogen-bond acceptors (Lipinski definition) is 4. The van der Waals surface area contributed by atoms with Crippen molar-refractivity contribution in [2.75, 3.05) is 13.7 Å². The van der Waals surface area contributed by atoms with Gasteiger partial charge in [0.15, 0.2) is 0 Å². The monoisotopic (exact) mass is 242 g/mol. The molecule has 0 aromatic carbocycles. The fourth-order valence-corrected chi connectivity index (χ4v) is 2.48. The van der Waals surface area contributed by atoms with Gasteiger partial charge in [-0.25, -0.2) is 4.98 Å². The molecule has 0 radical (unpaired) electrons. The first kappa shape index (κ1) is 13.6. The maximum atomic E-state index is 5.54. The molecule has 1 unspecified atom stereocenters. The molecule has 0 fully saturated rings. The van der Waals surface area contributed by atoms with Crippen molar-refractivity contribution in [3.05, 3.63) is 16.1 Å². The minimum atomic E-state index is -0.228. The van der Waals surface area contributed by atoms with Gasteiger partial charge in [-0.15, -0.1) is 11.3 Å². The van der Waals surface area contributed by atoms with Gasteiger partial charge in [-0.05, 0) is 26.3 Å². The van der Waals surface area contributed by atoms with Crippen LogP contribution in [0.15, 0.2) is 6.20 Å². The zero-order valence-electron chi connectivity index (χ0n) is 10.7. The molecule has 16 heavy (non-hydrogen) atoms. The number of hydrogen-bond donors (Lipinski definition) is 1. The number of aromatic nitrogens is 1. The molecule has 0 amide bonds. The molecule has 0 aliphatic carbocycles. The molecule has 0 saturated heterocycles. The van der Waals surface area contributed by atoms with Crippen LogP contribution in [0, 0.1) is 0 Å². The molecule has 1 aromatic heterocycles.